The third kappa shape index (κ3) is 5.20. The van der Waals surface area contributed by atoms with Crippen molar-refractivity contribution in [3.8, 4) is 0 Å². The fourth-order valence-electron chi connectivity index (χ4n) is 0.490. The van der Waals surface area contributed by atoms with Crippen LogP contribution >= 0.6 is 0 Å². The second-order valence-electron chi connectivity index (χ2n) is 1.71. The molecular weight excluding hydrogens is 148 g/mol. The van der Waals surface area contributed by atoms with Crippen LogP contribution in [0.1, 0.15) is 20.3 Å². The highest BCUT2D eigenvalue weighted by Crippen LogP contribution is 1.86. The number of amides is 1. The standard InChI is InChI=1S/C6H12N2O3/c1-3-5(11-4-2)7-8-6(9)10/h8H,3-4H2,1-2H3,(H,9,10). The number of hydrogen-bond donors (Lipinski definition) is 2. The zero-order chi connectivity index (χ0) is 8.69. The molecule has 0 saturated carbocycles. The van der Waals surface area contributed by atoms with Crippen molar-refractivity contribution in [2.75, 3.05) is 6.61 Å². The summed E-state index contributed by atoms with van der Waals surface area (Å²) in [7, 11) is 0. The van der Waals surface area contributed by atoms with Gasteiger partial charge in [-0.05, 0) is 6.92 Å². The molecule has 0 aromatic heterocycles. The Hall–Kier alpha value is -1.26. The van der Waals surface area contributed by atoms with E-state index in [2.05, 4.69) is 5.10 Å². The van der Waals surface area contributed by atoms with Crippen LogP contribution < -0.4 is 5.43 Å². The highest BCUT2D eigenvalue weighted by molar-refractivity contribution is 5.77. The highest BCUT2D eigenvalue weighted by Gasteiger charge is 1.96. The van der Waals surface area contributed by atoms with Gasteiger partial charge in [0.2, 0.25) is 5.90 Å². The van der Waals surface area contributed by atoms with Crippen LogP contribution in [0.25, 0.3) is 0 Å². The van der Waals surface area contributed by atoms with Gasteiger partial charge in [0.15, 0.2) is 0 Å². The van der Waals surface area contributed by atoms with Gasteiger partial charge in [-0.3, -0.25) is 0 Å². The van der Waals surface area contributed by atoms with Crippen LogP contribution in [0.15, 0.2) is 5.10 Å². The molecule has 2 N–H and O–H groups in total. The molecule has 64 valence electrons. The van der Waals surface area contributed by atoms with Gasteiger partial charge in [0.05, 0.1) is 6.61 Å². The molecule has 1 amide bonds. The topological polar surface area (TPSA) is 70.9 Å². The largest absolute Gasteiger partial charge is 0.480 e. The SMILES string of the molecule is CCOC(CC)=NNC(=O)O. The molecule has 0 atom stereocenters. The Bertz CT molecular complexity index is 156. The lowest BCUT2D eigenvalue weighted by Crippen LogP contribution is -2.17. The Morgan fingerprint density at radius 3 is 2.64 bits per heavy atom. The summed E-state index contributed by atoms with van der Waals surface area (Å²) >= 11 is 0. The number of nitrogens with one attached hydrogen (secondary N) is 1. The van der Waals surface area contributed by atoms with E-state index >= 15 is 0 Å². The van der Waals surface area contributed by atoms with E-state index in [4.69, 9.17) is 9.84 Å². The molecule has 0 bridgehead atoms. The zero-order valence-corrected chi connectivity index (χ0v) is 6.63. The number of hydrazone groups is 1. The van der Waals surface area contributed by atoms with Crippen molar-refractivity contribution in [1.82, 2.24) is 5.43 Å². The van der Waals surface area contributed by atoms with Gasteiger partial charge in [0, 0.05) is 6.42 Å². The van der Waals surface area contributed by atoms with Crippen molar-refractivity contribution in [2.45, 2.75) is 20.3 Å². The third-order valence-corrected chi connectivity index (χ3v) is 0.890. The van der Waals surface area contributed by atoms with Crippen LogP contribution in [0.5, 0.6) is 0 Å². The van der Waals surface area contributed by atoms with Gasteiger partial charge in [-0.15, -0.1) is 5.10 Å². The normalized spacial score (nSPS) is 10.9. The maximum atomic E-state index is 9.95. The maximum absolute atomic E-state index is 9.95. The number of carboxylic acid groups (broad SMARTS) is 1. The average Bonchev–Trinajstić information content (AvgIpc) is 1.97. The Balaban J connectivity index is 3.80. The zero-order valence-electron chi connectivity index (χ0n) is 6.63. The Morgan fingerprint density at radius 1 is 1.64 bits per heavy atom. The predicted molar refractivity (Wildman–Crippen MR) is 40.5 cm³/mol. The van der Waals surface area contributed by atoms with E-state index in [1.54, 1.807) is 0 Å². The van der Waals surface area contributed by atoms with Crippen molar-refractivity contribution >= 4 is 12.0 Å². The smallest absolute Gasteiger partial charge is 0.425 e. The molecule has 0 saturated heterocycles. The van der Waals surface area contributed by atoms with Crippen LogP contribution in [0, 0.1) is 0 Å². The summed E-state index contributed by atoms with van der Waals surface area (Å²) in [6.07, 6.45) is -0.607. The summed E-state index contributed by atoms with van der Waals surface area (Å²) in [5, 5.41) is 11.6. The van der Waals surface area contributed by atoms with Crippen LogP contribution in [-0.2, 0) is 4.74 Å². The van der Waals surface area contributed by atoms with Crippen molar-refractivity contribution in [3.63, 3.8) is 0 Å². The number of nitrogens with zero attached hydrogens (tertiary/aromatic N) is 1. The van der Waals surface area contributed by atoms with Crippen LogP contribution in [0.3, 0.4) is 0 Å². The molecule has 11 heavy (non-hydrogen) atoms. The summed E-state index contributed by atoms with van der Waals surface area (Å²) in [4.78, 5) is 9.95. The molecule has 5 heteroatoms. The van der Waals surface area contributed by atoms with Crippen LogP contribution in [0.4, 0.5) is 4.79 Å². The Kier molecular flexibility index (Phi) is 4.89. The number of carbonyl (C=O) groups is 1. The van der Waals surface area contributed by atoms with E-state index in [1.165, 1.54) is 0 Å². The molecule has 0 heterocycles. The molecule has 0 radical (unpaired) electrons. The quantitative estimate of drug-likeness (QED) is 0.367. The number of ether oxygens (including phenoxy) is 1. The molecule has 0 spiro atoms. The minimum atomic E-state index is -1.18. The summed E-state index contributed by atoms with van der Waals surface area (Å²) in [5.74, 6) is 0.398. The van der Waals surface area contributed by atoms with Crippen LogP contribution in [-0.4, -0.2) is 23.7 Å². The summed E-state index contributed by atoms with van der Waals surface area (Å²) in [5.41, 5.74) is 1.86. The first-order valence-electron chi connectivity index (χ1n) is 3.39. The summed E-state index contributed by atoms with van der Waals surface area (Å²) in [6.45, 7) is 4.14. The molecule has 0 aliphatic carbocycles. The van der Waals surface area contributed by atoms with Gasteiger partial charge in [0.1, 0.15) is 0 Å². The van der Waals surface area contributed by atoms with Crippen LogP contribution in [0.2, 0.25) is 0 Å². The van der Waals surface area contributed by atoms with E-state index in [0.29, 0.717) is 18.9 Å². The molecule has 0 rings (SSSR count). The number of rotatable bonds is 3. The van der Waals surface area contributed by atoms with Crippen molar-refractivity contribution in [2.24, 2.45) is 5.10 Å². The van der Waals surface area contributed by atoms with Crippen molar-refractivity contribution < 1.29 is 14.6 Å². The van der Waals surface area contributed by atoms with Gasteiger partial charge in [0.25, 0.3) is 0 Å². The van der Waals surface area contributed by atoms with E-state index < -0.39 is 6.09 Å². The fraction of sp³-hybridized carbons (Fsp3) is 0.667. The lowest BCUT2D eigenvalue weighted by molar-refractivity contribution is 0.194. The highest BCUT2D eigenvalue weighted by atomic mass is 16.5. The first-order chi connectivity index (χ1) is 5.20. The van der Waals surface area contributed by atoms with E-state index in [1.807, 2.05) is 19.3 Å². The molecule has 0 aromatic carbocycles. The second kappa shape index (κ2) is 5.52. The molecule has 0 aromatic rings. The molecule has 0 aliphatic heterocycles. The Labute approximate surface area is 65.0 Å². The molecular formula is C6H12N2O3. The molecule has 0 aliphatic rings. The maximum Gasteiger partial charge on any atom is 0.425 e. The van der Waals surface area contributed by atoms with E-state index in [0.717, 1.165) is 0 Å². The van der Waals surface area contributed by atoms with Gasteiger partial charge in [-0.25, -0.2) is 10.2 Å². The average molecular weight is 160 g/mol. The van der Waals surface area contributed by atoms with Crippen molar-refractivity contribution in [3.05, 3.63) is 0 Å². The fourth-order valence-corrected chi connectivity index (χ4v) is 0.490. The summed E-state index contributed by atoms with van der Waals surface area (Å²) in [6, 6.07) is 0. The summed E-state index contributed by atoms with van der Waals surface area (Å²) < 4.78 is 4.97. The monoisotopic (exact) mass is 160 g/mol. The lowest BCUT2D eigenvalue weighted by atomic mass is 10.5. The second-order valence-corrected chi connectivity index (χ2v) is 1.71. The Morgan fingerprint density at radius 2 is 2.27 bits per heavy atom. The predicted octanol–water partition coefficient (Wildman–Crippen LogP) is 1.01. The lowest BCUT2D eigenvalue weighted by Gasteiger charge is -2.02. The first kappa shape index (κ1) is 9.74. The molecule has 0 fully saturated rings. The van der Waals surface area contributed by atoms with Crippen molar-refractivity contribution in [1.29, 1.82) is 0 Å². The minimum Gasteiger partial charge on any atom is -0.480 e. The van der Waals surface area contributed by atoms with Gasteiger partial charge >= 0.3 is 6.09 Å². The first-order valence-corrected chi connectivity index (χ1v) is 3.39. The van der Waals surface area contributed by atoms with Gasteiger partial charge in [-0.2, -0.15) is 0 Å². The molecule has 0 unspecified atom stereocenters. The van der Waals surface area contributed by atoms with E-state index in [9.17, 15) is 4.79 Å². The van der Waals surface area contributed by atoms with Gasteiger partial charge in [-0.1, -0.05) is 6.92 Å². The minimum absolute atomic E-state index is 0.398. The molecule has 5 nitrogen and oxygen atoms in total. The van der Waals surface area contributed by atoms with E-state index in [-0.39, 0.29) is 0 Å². The third-order valence-electron chi connectivity index (χ3n) is 0.890. The van der Waals surface area contributed by atoms with Gasteiger partial charge < -0.3 is 9.84 Å². The number of hydrogen-bond acceptors (Lipinski definition) is 3.